The van der Waals surface area contributed by atoms with Crippen LogP contribution in [0.5, 0.6) is 0 Å². The van der Waals surface area contributed by atoms with Crippen LogP contribution in [0.4, 0.5) is 0 Å². The molecule has 1 aliphatic heterocycles. The predicted octanol–water partition coefficient (Wildman–Crippen LogP) is 3.47. The van der Waals surface area contributed by atoms with E-state index < -0.39 is 0 Å². The van der Waals surface area contributed by atoms with Gasteiger partial charge in [-0.2, -0.15) is 0 Å². The minimum Gasteiger partial charge on any atom is -0.466 e. The molecular formula is C11H16INO2S. The Morgan fingerprint density at radius 1 is 1.69 bits per heavy atom. The summed E-state index contributed by atoms with van der Waals surface area (Å²) in [7, 11) is 3.03. The van der Waals surface area contributed by atoms with Gasteiger partial charge in [-0.15, -0.1) is 0 Å². The van der Waals surface area contributed by atoms with Crippen LogP contribution in [0, 0.1) is 0 Å². The molecule has 16 heavy (non-hydrogen) atoms. The zero-order valence-electron chi connectivity index (χ0n) is 9.59. The molecule has 0 saturated carbocycles. The van der Waals surface area contributed by atoms with Crippen LogP contribution in [-0.2, 0) is 9.53 Å². The zero-order chi connectivity index (χ0) is 12.1. The average molecular weight is 353 g/mol. The SMILES string of the molecule is C=C1CC(C(=O)OC)=C(CCC)N(SI)C1. The number of hydrogen-bond donors (Lipinski definition) is 0. The summed E-state index contributed by atoms with van der Waals surface area (Å²) in [5, 5.41) is 0. The van der Waals surface area contributed by atoms with Gasteiger partial charge in [0.2, 0.25) is 0 Å². The van der Waals surface area contributed by atoms with Gasteiger partial charge in [-0.05, 0) is 6.42 Å². The third-order valence-corrected chi connectivity index (χ3v) is 4.39. The number of nitrogens with zero attached hydrogens (tertiary/aromatic N) is 1. The number of rotatable bonds is 4. The third kappa shape index (κ3) is 3.16. The van der Waals surface area contributed by atoms with E-state index in [4.69, 9.17) is 4.74 Å². The number of esters is 1. The first-order chi connectivity index (χ1) is 7.63. The highest BCUT2D eigenvalue weighted by Gasteiger charge is 2.26. The zero-order valence-corrected chi connectivity index (χ0v) is 12.6. The third-order valence-electron chi connectivity index (χ3n) is 2.45. The topological polar surface area (TPSA) is 29.5 Å². The van der Waals surface area contributed by atoms with Gasteiger partial charge >= 0.3 is 5.97 Å². The van der Waals surface area contributed by atoms with Crippen molar-refractivity contribution in [2.45, 2.75) is 26.2 Å². The van der Waals surface area contributed by atoms with Gasteiger partial charge in [0.05, 0.1) is 19.2 Å². The van der Waals surface area contributed by atoms with Gasteiger partial charge in [0, 0.05) is 42.4 Å². The smallest absolute Gasteiger partial charge is 0.335 e. The summed E-state index contributed by atoms with van der Waals surface area (Å²) in [6.45, 7) is 6.91. The maximum atomic E-state index is 11.7. The molecule has 0 aromatic rings. The Kier molecular flexibility index (Phi) is 5.68. The summed E-state index contributed by atoms with van der Waals surface area (Å²) in [5.74, 6) is -0.222. The second kappa shape index (κ2) is 6.54. The molecule has 0 radical (unpaired) electrons. The molecule has 0 atom stereocenters. The number of methoxy groups -OCH3 is 1. The minimum atomic E-state index is -0.222. The summed E-state index contributed by atoms with van der Waals surface area (Å²) >= 11 is 2.23. The van der Waals surface area contributed by atoms with Crippen LogP contribution in [0.25, 0.3) is 0 Å². The van der Waals surface area contributed by atoms with Crippen LogP contribution in [-0.4, -0.2) is 23.9 Å². The van der Waals surface area contributed by atoms with Crippen molar-refractivity contribution in [2.24, 2.45) is 0 Å². The molecule has 0 aliphatic carbocycles. The Morgan fingerprint density at radius 2 is 2.38 bits per heavy atom. The van der Waals surface area contributed by atoms with Crippen molar-refractivity contribution in [1.82, 2.24) is 4.31 Å². The van der Waals surface area contributed by atoms with Crippen LogP contribution >= 0.6 is 30.3 Å². The molecule has 0 unspecified atom stereocenters. The molecular weight excluding hydrogens is 337 g/mol. The molecule has 0 fully saturated rings. The van der Waals surface area contributed by atoms with Gasteiger partial charge in [0.15, 0.2) is 0 Å². The van der Waals surface area contributed by atoms with Crippen molar-refractivity contribution >= 4 is 36.3 Å². The van der Waals surface area contributed by atoms with Gasteiger partial charge in [-0.1, -0.05) is 25.5 Å². The van der Waals surface area contributed by atoms with E-state index in [-0.39, 0.29) is 5.97 Å². The Bertz CT molecular complexity index is 328. The lowest BCUT2D eigenvalue weighted by Gasteiger charge is -2.31. The predicted molar refractivity (Wildman–Crippen MR) is 76.0 cm³/mol. The molecule has 0 bridgehead atoms. The van der Waals surface area contributed by atoms with E-state index >= 15 is 0 Å². The molecule has 1 aliphatic rings. The van der Waals surface area contributed by atoms with Crippen molar-refractivity contribution in [3.05, 3.63) is 23.4 Å². The summed E-state index contributed by atoms with van der Waals surface area (Å²) in [4.78, 5) is 11.7. The highest BCUT2D eigenvalue weighted by molar-refractivity contribution is 14.2. The standard InChI is InChI=1S/C11H16INO2S/c1-4-5-10-9(11(14)15-3)6-8(2)7-13(10)16-12/h2,4-7H2,1,3H3. The molecule has 0 spiro atoms. The molecule has 3 nitrogen and oxygen atoms in total. The van der Waals surface area contributed by atoms with Crippen molar-refractivity contribution in [1.29, 1.82) is 0 Å². The maximum absolute atomic E-state index is 11.7. The molecule has 5 heteroatoms. The second-order valence-electron chi connectivity index (χ2n) is 3.70. The first kappa shape index (κ1) is 13.9. The van der Waals surface area contributed by atoms with Crippen LogP contribution in [0.3, 0.4) is 0 Å². The van der Waals surface area contributed by atoms with Crippen LogP contribution in [0.15, 0.2) is 23.4 Å². The Balaban J connectivity index is 3.07. The van der Waals surface area contributed by atoms with E-state index in [0.29, 0.717) is 6.42 Å². The van der Waals surface area contributed by atoms with Crippen LogP contribution in [0.2, 0.25) is 0 Å². The molecule has 0 saturated heterocycles. The van der Waals surface area contributed by atoms with Gasteiger partial charge in [0.25, 0.3) is 0 Å². The summed E-state index contributed by atoms with van der Waals surface area (Å²) < 4.78 is 6.96. The van der Waals surface area contributed by atoms with Crippen molar-refractivity contribution < 1.29 is 9.53 Å². The fourth-order valence-corrected chi connectivity index (χ4v) is 3.40. The quantitative estimate of drug-likeness (QED) is 0.335. The lowest BCUT2D eigenvalue weighted by Crippen LogP contribution is -2.26. The lowest BCUT2D eigenvalue weighted by atomic mass is 9.98. The van der Waals surface area contributed by atoms with Crippen LogP contribution < -0.4 is 0 Å². The Morgan fingerprint density at radius 3 is 2.88 bits per heavy atom. The highest BCUT2D eigenvalue weighted by atomic mass is 127. The average Bonchev–Trinajstić information content (AvgIpc) is 2.29. The fourth-order valence-electron chi connectivity index (χ4n) is 1.75. The summed E-state index contributed by atoms with van der Waals surface area (Å²) in [6.07, 6.45) is 2.58. The number of carbonyl (C=O) groups is 1. The first-order valence-corrected chi connectivity index (χ1v) is 8.48. The highest BCUT2D eigenvalue weighted by Crippen LogP contribution is 2.36. The monoisotopic (exact) mass is 353 g/mol. The minimum absolute atomic E-state index is 0.222. The number of allylic oxidation sites excluding steroid dienone is 1. The lowest BCUT2D eigenvalue weighted by molar-refractivity contribution is -0.136. The van der Waals surface area contributed by atoms with Crippen molar-refractivity contribution in [3.63, 3.8) is 0 Å². The number of hydrogen-bond acceptors (Lipinski definition) is 4. The van der Waals surface area contributed by atoms with Gasteiger partial charge < -0.3 is 9.04 Å². The summed E-state index contributed by atoms with van der Waals surface area (Å²) in [5.41, 5.74) is 2.93. The largest absolute Gasteiger partial charge is 0.466 e. The number of halogens is 1. The Hall–Kier alpha value is -0.170. The molecule has 90 valence electrons. The molecule has 0 aromatic carbocycles. The summed E-state index contributed by atoms with van der Waals surface area (Å²) in [6, 6.07) is 0. The first-order valence-electron chi connectivity index (χ1n) is 5.17. The fraction of sp³-hybridized carbons (Fsp3) is 0.545. The maximum Gasteiger partial charge on any atom is 0.335 e. The normalized spacial score (nSPS) is 16.7. The molecule has 0 N–H and O–H groups in total. The van der Waals surface area contributed by atoms with Crippen molar-refractivity contribution in [3.8, 4) is 0 Å². The number of ether oxygens (including phenoxy) is 1. The molecule has 1 heterocycles. The van der Waals surface area contributed by atoms with Crippen molar-refractivity contribution in [2.75, 3.05) is 13.7 Å². The second-order valence-corrected chi connectivity index (χ2v) is 5.46. The number of carbonyl (C=O) groups excluding carboxylic acids is 1. The van der Waals surface area contributed by atoms with Gasteiger partial charge in [0.1, 0.15) is 0 Å². The molecule has 0 amide bonds. The van der Waals surface area contributed by atoms with E-state index in [0.717, 1.165) is 36.2 Å². The van der Waals surface area contributed by atoms with Gasteiger partial charge in [-0.25, -0.2) is 4.79 Å². The van der Waals surface area contributed by atoms with E-state index in [2.05, 4.69) is 39.0 Å². The van der Waals surface area contributed by atoms with E-state index in [9.17, 15) is 4.79 Å². The van der Waals surface area contributed by atoms with Crippen LogP contribution in [0.1, 0.15) is 26.2 Å². The van der Waals surface area contributed by atoms with E-state index in [1.807, 2.05) is 0 Å². The molecule has 0 aromatic heterocycles. The van der Waals surface area contributed by atoms with E-state index in [1.54, 1.807) is 9.12 Å². The van der Waals surface area contributed by atoms with Gasteiger partial charge in [-0.3, -0.25) is 0 Å². The Labute approximate surface area is 113 Å². The van der Waals surface area contributed by atoms with E-state index in [1.165, 1.54) is 7.11 Å². The molecule has 1 rings (SSSR count).